The summed E-state index contributed by atoms with van der Waals surface area (Å²) in [5.74, 6) is -0.173. The van der Waals surface area contributed by atoms with Crippen molar-refractivity contribution in [1.82, 2.24) is 10.3 Å². The Hall–Kier alpha value is -2.27. The molecule has 5 heteroatoms. The Kier molecular flexibility index (Phi) is 4.79. The fraction of sp³-hybridized carbons (Fsp3) is 0.267. The van der Waals surface area contributed by atoms with Gasteiger partial charge in [0.2, 0.25) is 0 Å². The van der Waals surface area contributed by atoms with Crippen molar-refractivity contribution < 1.29 is 9.53 Å². The van der Waals surface area contributed by atoms with Gasteiger partial charge in [-0.15, -0.1) is 0 Å². The van der Waals surface area contributed by atoms with Crippen LogP contribution in [0.1, 0.15) is 28.5 Å². The van der Waals surface area contributed by atoms with Gasteiger partial charge in [0.05, 0.1) is 6.61 Å². The quantitative estimate of drug-likeness (QED) is 0.753. The van der Waals surface area contributed by atoms with Crippen molar-refractivity contribution in [2.24, 2.45) is 0 Å². The van der Waals surface area contributed by atoms with Crippen LogP contribution < -0.4 is 11.1 Å². The second kappa shape index (κ2) is 6.77. The number of benzene rings is 1. The van der Waals surface area contributed by atoms with Gasteiger partial charge in [-0.1, -0.05) is 24.3 Å². The summed E-state index contributed by atoms with van der Waals surface area (Å²) in [6, 6.07) is 9.51. The van der Waals surface area contributed by atoms with E-state index < -0.39 is 0 Å². The summed E-state index contributed by atoms with van der Waals surface area (Å²) in [6.07, 6.45) is 1.60. The van der Waals surface area contributed by atoms with Crippen LogP contribution in [-0.4, -0.2) is 17.5 Å². The maximum atomic E-state index is 11.9. The maximum absolute atomic E-state index is 11.9. The van der Waals surface area contributed by atoms with Crippen molar-refractivity contribution in [3.05, 3.63) is 53.3 Å². The first-order valence-corrected chi connectivity index (χ1v) is 6.57. The Bertz CT molecular complexity index is 578. The minimum atomic E-state index is -0.173. The Morgan fingerprint density at radius 3 is 2.75 bits per heavy atom. The van der Waals surface area contributed by atoms with Crippen molar-refractivity contribution in [3.63, 3.8) is 0 Å². The zero-order chi connectivity index (χ0) is 14.4. The van der Waals surface area contributed by atoms with E-state index in [0.29, 0.717) is 31.1 Å². The Balaban J connectivity index is 1.98. The third-order valence-electron chi connectivity index (χ3n) is 2.97. The average Bonchev–Trinajstić information content (AvgIpc) is 2.90. The van der Waals surface area contributed by atoms with E-state index in [9.17, 15) is 4.79 Å². The molecule has 0 atom stereocenters. The topological polar surface area (TPSA) is 80.1 Å². The number of amides is 1. The van der Waals surface area contributed by atoms with Gasteiger partial charge in [0, 0.05) is 25.0 Å². The third-order valence-corrected chi connectivity index (χ3v) is 2.97. The summed E-state index contributed by atoms with van der Waals surface area (Å²) in [4.78, 5) is 14.8. The van der Waals surface area contributed by atoms with Gasteiger partial charge in [-0.2, -0.15) is 0 Å². The Morgan fingerprint density at radius 1 is 1.35 bits per heavy atom. The van der Waals surface area contributed by atoms with Crippen molar-refractivity contribution in [3.8, 4) is 0 Å². The standard InChI is InChI=1S/C15H19N3O2/c1-2-20-10-12-6-4-3-5-11(12)8-18-15(19)14-7-13(16)9-17-14/h3-7,9,17H,2,8,10,16H2,1H3,(H,18,19). The lowest BCUT2D eigenvalue weighted by molar-refractivity contribution is 0.0945. The van der Waals surface area contributed by atoms with Gasteiger partial charge < -0.3 is 20.8 Å². The molecule has 0 fully saturated rings. The highest BCUT2D eigenvalue weighted by atomic mass is 16.5. The number of anilines is 1. The smallest absolute Gasteiger partial charge is 0.268 e. The summed E-state index contributed by atoms with van der Waals surface area (Å²) in [6.45, 7) is 3.64. The summed E-state index contributed by atoms with van der Waals surface area (Å²) < 4.78 is 5.42. The molecular formula is C15H19N3O2. The lowest BCUT2D eigenvalue weighted by Gasteiger charge is -2.10. The number of nitrogens with one attached hydrogen (secondary N) is 2. The van der Waals surface area contributed by atoms with Crippen LogP contribution in [0.2, 0.25) is 0 Å². The van der Waals surface area contributed by atoms with Crippen LogP contribution in [0.3, 0.4) is 0 Å². The zero-order valence-electron chi connectivity index (χ0n) is 11.5. The molecule has 2 aromatic rings. The molecule has 106 valence electrons. The van der Waals surface area contributed by atoms with Crippen LogP contribution >= 0.6 is 0 Å². The molecule has 0 aliphatic rings. The monoisotopic (exact) mass is 273 g/mol. The van der Waals surface area contributed by atoms with Crippen LogP contribution in [0.25, 0.3) is 0 Å². The number of aromatic amines is 1. The molecule has 20 heavy (non-hydrogen) atoms. The molecule has 1 aromatic carbocycles. The average molecular weight is 273 g/mol. The second-order valence-electron chi connectivity index (χ2n) is 4.44. The highest BCUT2D eigenvalue weighted by Gasteiger charge is 2.08. The largest absolute Gasteiger partial charge is 0.397 e. The minimum Gasteiger partial charge on any atom is -0.397 e. The zero-order valence-corrected chi connectivity index (χ0v) is 11.5. The first-order valence-electron chi connectivity index (χ1n) is 6.57. The number of rotatable bonds is 6. The van der Waals surface area contributed by atoms with Gasteiger partial charge in [0.15, 0.2) is 0 Å². The van der Waals surface area contributed by atoms with Crippen molar-refractivity contribution in [2.75, 3.05) is 12.3 Å². The molecule has 2 rings (SSSR count). The molecule has 0 saturated carbocycles. The van der Waals surface area contributed by atoms with Gasteiger partial charge in [-0.25, -0.2) is 0 Å². The molecule has 5 nitrogen and oxygen atoms in total. The number of hydrogen-bond donors (Lipinski definition) is 3. The molecule has 0 aliphatic carbocycles. The van der Waals surface area contributed by atoms with Gasteiger partial charge in [0.1, 0.15) is 5.69 Å². The number of ether oxygens (including phenoxy) is 1. The van der Waals surface area contributed by atoms with Crippen molar-refractivity contribution in [2.45, 2.75) is 20.1 Å². The van der Waals surface area contributed by atoms with Gasteiger partial charge >= 0.3 is 0 Å². The van der Waals surface area contributed by atoms with Crippen molar-refractivity contribution in [1.29, 1.82) is 0 Å². The minimum absolute atomic E-state index is 0.173. The summed E-state index contributed by atoms with van der Waals surface area (Å²) in [5.41, 5.74) is 8.72. The van der Waals surface area contributed by atoms with E-state index in [-0.39, 0.29) is 5.91 Å². The molecule has 0 unspecified atom stereocenters. The second-order valence-corrected chi connectivity index (χ2v) is 4.44. The number of H-pyrrole nitrogens is 1. The predicted octanol–water partition coefficient (Wildman–Crippen LogP) is 2.06. The molecule has 1 aromatic heterocycles. The highest BCUT2D eigenvalue weighted by Crippen LogP contribution is 2.11. The van der Waals surface area contributed by atoms with Crippen LogP contribution in [-0.2, 0) is 17.9 Å². The molecule has 1 heterocycles. The predicted molar refractivity (Wildman–Crippen MR) is 78.1 cm³/mol. The Morgan fingerprint density at radius 2 is 2.10 bits per heavy atom. The SMILES string of the molecule is CCOCc1ccccc1CNC(=O)c1cc(N)c[nH]1. The number of carbonyl (C=O) groups is 1. The molecular weight excluding hydrogens is 254 g/mol. The van der Waals surface area contributed by atoms with E-state index >= 15 is 0 Å². The molecule has 0 radical (unpaired) electrons. The van der Waals surface area contributed by atoms with E-state index in [4.69, 9.17) is 10.5 Å². The molecule has 0 bridgehead atoms. The van der Waals surface area contributed by atoms with E-state index in [1.807, 2.05) is 31.2 Å². The number of aromatic nitrogens is 1. The lowest BCUT2D eigenvalue weighted by Crippen LogP contribution is -2.23. The fourth-order valence-electron chi connectivity index (χ4n) is 1.90. The van der Waals surface area contributed by atoms with Crippen LogP contribution in [0, 0.1) is 0 Å². The number of nitrogens with two attached hydrogens (primary N) is 1. The van der Waals surface area contributed by atoms with Crippen molar-refractivity contribution >= 4 is 11.6 Å². The molecule has 0 aliphatic heterocycles. The Labute approximate surface area is 118 Å². The first kappa shape index (κ1) is 14.1. The first-order chi connectivity index (χ1) is 9.70. The molecule has 1 amide bonds. The van der Waals surface area contributed by atoms with E-state index in [1.54, 1.807) is 12.3 Å². The number of nitrogen functional groups attached to an aromatic ring is 1. The van der Waals surface area contributed by atoms with Crippen LogP contribution in [0.4, 0.5) is 5.69 Å². The fourth-order valence-corrected chi connectivity index (χ4v) is 1.90. The van der Waals surface area contributed by atoms with Crippen LogP contribution in [0.15, 0.2) is 36.5 Å². The highest BCUT2D eigenvalue weighted by molar-refractivity contribution is 5.93. The normalized spacial score (nSPS) is 10.4. The number of carbonyl (C=O) groups excluding carboxylic acids is 1. The molecule has 0 saturated heterocycles. The van der Waals surface area contributed by atoms with Gasteiger partial charge in [0.25, 0.3) is 5.91 Å². The van der Waals surface area contributed by atoms with E-state index in [2.05, 4.69) is 10.3 Å². The van der Waals surface area contributed by atoms with Gasteiger partial charge in [-0.3, -0.25) is 4.79 Å². The summed E-state index contributed by atoms with van der Waals surface area (Å²) in [5, 5.41) is 2.86. The molecule has 4 N–H and O–H groups in total. The summed E-state index contributed by atoms with van der Waals surface area (Å²) >= 11 is 0. The van der Waals surface area contributed by atoms with E-state index in [0.717, 1.165) is 11.1 Å². The van der Waals surface area contributed by atoms with Gasteiger partial charge in [-0.05, 0) is 24.1 Å². The summed E-state index contributed by atoms with van der Waals surface area (Å²) in [7, 11) is 0. The van der Waals surface area contributed by atoms with E-state index in [1.165, 1.54) is 0 Å². The van der Waals surface area contributed by atoms with Crippen LogP contribution in [0.5, 0.6) is 0 Å². The third kappa shape index (κ3) is 3.61. The molecule has 0 spiro atoms. The lowest BCUT2D eigenvalue weighted by atomic mass is 10.1. The number of hydrogen-bond acceptors (Lipinski definition) is 3. The maximum Gasteiger partial charge on any atom is 0.268 e.